The number of nitrogens with one attached hydrogen (secondary N) is 1. The van der Waals surface area contributed by atoms with Crippen molar-refractivity contribution in [3.05, 3.63) is 46.8 Å². The molecular weight excluding hydrogens is 410 g/mol. The number of likely N-dealkylation sites (tertiary alicyclic amines) is 1. The third-order valence-corrected chi connectivity index (χ3v) is 6.62. The summed E-state index contributed by atoms with van der Waals surface area (Å²) in [5.74, 6) is -0.791. The Labute approximate surface area is 185 Å². The van der Waals surface area contributed by atoms with Crippen molar-refractivity contribution in [2.45, 2.75) is 57.4 Å². The second kappa shape index (κ2) is 8.44. The molecule has 0 bridgehead atoms. The van der Waals surface area contributed by atoms with Crippen LogP contribution in [0.1, 0.15) is 58.9 Å². The summed E-state index contributed by atoms with van der Waals surface area (Å²) < 4.78 is 1.92. The van der Waals surface area contributed by atoms with Gasteiger partial charge in [-0.1, -0.05) is 17.3 Å². The Morgan fingerprint density at radius 2 is 2.06 bits per heavy atom. The van der Waals surface area contributed by atoms with Crippen LogP contribution < -0.4 is 11.1 Å². The molecule has 1 aromatic heterocycles. The van der Waals surface area contributed by atoms with Crippen LogP contribution in [-0.2, 0) is 29.2 Å². The Bertz CT molecular complexity index is 1070. The predicted molar refractivity (Wildman–Crippen MR) is 114 cm³/mol. The minimum atomic E-state index is -0.583. The van der Waals surface area contributed by atoms with Crippen molar-refractivity contribution >= 4 is 17.7 Å². The maximum absolute atomic E-state index is 13.1. The van der Waals surface area contributed by atoms with E-state index in [0.29, 0.717) is 25.1 Å². The van der Waals surface area contributed by atoms with Gasteiger partial charge >= 0.3 is 0 Å². The average molecular weight is 438 g/mol. The zero-order valence-electron chi connectivity index (χ0n) is 17.9. The molecule has 0 radical (unpaired) electrons. The molecule has 5 rings (SSSR count). The Kier molecular flexibility index (Phi) is 5.48. The lowest BCUT2D eigenvalue weighted by Gasteiger charge is -2.32. The first-order valence-electron chi connectivity index (χ1n) is 11.1. The normalized spacial score (nSPS) is 24.0. The molecule has 0 saturated carbocycles. The second-order valence-corrected chi connectivity index (χ2v) is 8.82. The van der Waals surface area contributed by atoms with E-state index in [-0.39, 0.29) is 30.2 Å². The molecule has 168 valence electrons. The van der Waals surface area contributed by atoms with Gasteiger partial charge in [-0.2, -0.15) is 0 Å². The molecule has 10 heteroatoms. The number of piperidine rings is 2. The first-order chi connectivity index (χ1) is 15.5. The van der Waals surface area contributed by atoms with E-state index in [9.17, 15) is 14.4 Å². The maximum atomic E-state index is 13.1. The summed E-state index contributed by atoms with van der Waals surface area (Å²) in [6.45, 7) is 3.38. The highest BCUT2D eigenvalue weighted by atomic mass is 16.2. The van der Waals surface area contributed by atoms with Gasteiger partial charge in [-0.05, 0) is 43.0 Å². The van der Waals surface area contributed by atoms with Gasteiger partial charge in [0.15, 0.2) is 0 Å². The minimum Gasteiger partial charge on any atom is -0.325 e. The number of rotatable bonds is 5. The fourth-order valence-electron chi connectivity index (χ4n) is 4.93. The Morgan fingerprint density at radius 1 is 1.19 bits per heavy atom. The number of aromatic nitrogens is 3. The number of hydrogen-bond acceptors (Lipinski definition) is 7. The van der Waals surface area contributed by atoms with Gasteiger partial charge < -0.3 is 10.6 Å². The third-order valence-electron chi connectivity index (χ3n) is 6.62. The number of imide groups is 1. The number of benzene rings is 1. The minimum absolute atomic E-state index is 0.134. The van der Waals surface area contributed by atoms with Crippen molar-refractivity contribution in [2.24, 2.45) is 5.73 Å². The molecule has 0 spiro atoms. The number of amides is 3. The molecule has 2 atom stereocenters. The Morgan fingerprint density at radius 3 is 2.84 bits per heavy atom. The van der Waals surface area contributed by atoms with Crippen molar-refractivity contribution in [2.75, 3.05) is 13.1 Å². The molecule has 3 aliphatic rings. The molecule has 3 amide bonds. The number of carbonyl (C=O) groups is 3. The molecular formula is C22H27N7O3. The maximum Gasteiger partial charge on any atom is 0.255 e. The Hall–Kier alpha value is -3.11. The first kappa shape index (κ1) is 20.8. The van der Waals surface area contributed by atoms with E-state index in [2.05, 4.69) is 26.6 Å². The smallest absolute Gasteiger partial charge is 0.255 e. The van der Waals surface area contributed by atoms with Gasteiger partial charge in [0.2, 0.25) is 11.8 Å². The first-order valence-corrected chi connectivity index (χ1v) is 11.1. The zero-order chi connectivity index (χ0) is 22.2. The van der Waals surface area contributed by atoms with Crippen LogP contribution >= 0.6 is 0 Å². The van der Waals surface area contributed by atoms with Crippen molar-refractivity contribution in [3.63, 3.8) is 0 Å². The van der Waals surface area contributed by atoms with E-state index in [0.717, 1.165) is 49.3 Å². The largest absolute Gasteiger partial charge is 0.325 e. The average Bonchev–Trinajstić information content (AvgIpc) is 3.39. The van der Waals surface area contributed by atoms with Crippen LogP contribution in [0.4, 0.5) is 0 Å². The van der Waals surface area contributed by atoms with Gasteiger partial charge in [-0.15, -0.1) is 5.10 Å². The molecule has 2 unspecified atom stereocenters. The number of carbonyl (C=O) groups excluding carboxylic acids is 3. The monoisotopic (exact) mass is 437 g/mol. The predicted octanol–water partition coefficient (Wildman–Crippen LogP) is 0.335. The lowest BCUT2D eigenvalue weighted by Crippen LogP contribution is -2.52. The van der Waals surface area contributed by atoms with Crippen molar-refractivity contribution in [3.8, 4) is 0 Å². The molecule has 0 aliphatic carbocycles. The molecule has 3 aliphatic heterocycles. The van der Waals surface area contributed by atoms with Crippen molar-refractivity contribution in [1.29, 1.82) is 0 Å². The number of nitrogens with zero attached hydrogens (tertiary/aromatic N) is 5. The van der Waals surface area contributed by atoms with E-state index in [4.69, 9.17) is 5.73 Å². The lowest BCUT2D eigenvalue weighted by molar-refractivity contribution is -0.136. The third kappa shape index (κ3) is 3.91. The van der Waals surface area contributed by atoms with E-state index >= 15 is 0 Å². The molecule has 10 nitrogen and oxygen atoms in total. The zero-order valence-corrected chi connectivity index (χ0v) is 17.9. The second-order valence-electron chi connectivity index (χ2n) is 8.82. The highest BCUT2D eigenvalue weighted by Crippen LogP contribution is 2.29. The van der Waals surface area contributed by atoms with Crippen LogP contribution in [0.3, 0.4) is 0 Å². The van der Waals surface area contributed by atoms with Crippen LogP contribution in [0, 0.1) is 0 Å². The van der Waals surface area contributed by atoms with E-state index in [1.165, 1.54) is 0 Å². The van der Waals surface area contributed by atoms with Crippen molar-refractivity contribution < 1.29 is 14.4 Å². The topological polar surface area (TPSA) is 126 Å². The van der Waals surface area contributed by atoms with E-state index in [1.807, 2.05) is 23.0 Å². The highest BCUT2D eigenvalue weighted by molar-refractivity contribution is 6.05. The molecule has 2 aromatic rings. The van der Waals surface area contributed by atoms with Crippen molar-refractivity contribution in [1.82, 2.24) is 30.1 Å². The fraction of sp³-hybridized carbons (Fsp3) is 0.500. The lowest BCUT2D eigenvalue weighted by atomic mass is 10.0. The van der Waals surface area contributed by atoms with E-state index < -0.39 is 6.04 Å². The van der Waals surface area contributed by atoms with Gasteiger partial charge in [0.25, 0.3) is 5.91 Å². The molecule has 1 aromatic carbocycles. The highest BCUT2D eigenvalue weighted by Gasteiger charge is 2.39. The number of nitrogens with two attached hydrogens (primary N) is 1. The van der Waals surface area contributed by atoms with Crippen LogP contribution in [0.25, 0.3) is 0 Å². The summed E-state index contributed by atoms with van der Waals surface area (Å²) in [5, 5.41) is 10.7. The quantitative estimate of drug-likeness (QED) is 0.646. The van der Waals surface area contributed by atoms with Crippen LogP contribution in [0.2, 0.25) is 0 Å². The summed E-state index contributed by atoms with van der Waals surface area (Å²) in [4.78, 5) is 40.7. The SMILES string of the molecule is NCc1cn(C2CCCN(Cc3ccc4c(c3)C(=O)N(C3CCC(=O)NC3=O)C4)C2)nn1. The van der Waals surface area contributed by atoms with Crippen LogP contribution in [0.15, 0.2) is 24.4 Å². The standard InChI is InChI=1S/C22H27N7O3/c23-9-16-12-29(26-25-16)17-2-1-7-27(13-17)10-14-3-4-15-11-28(22(32)18(15)8-14)19-5-6-20(30)24-21(19)31/h3-4,8,12,17,19H,1-2,5-7,9-11,13,23H2,(H,24,30,31). The van der Waals surface area contributed by atoms with Gasteiger partial charge in [-0.3, -0.25) is 24.6 Å². The summed E-state index contributed by atoms with van der Waals surface area (Å²) >= 11 is 0. The number of hydrogen-bond donors (Lipinski definition) is 2. The van der Waals surface area contributed by atoms with Gasteiger partial charge in [0, 0.05) is 38.2 Å². The molecule has 4 heterocycles. The Balaban J connectivity index is 1.26. The molecule has 2 fully saturated rings. The number of fused-ring (bicyclic) bond motifs is 1. The summed E-state index contributed by atoms with van der Waals surface area (Å²) in [5.41, 5.74) is 9.10. The van der Waals surface area contributed by atoms with Crippen LogP contribution in [0.5, 0.6) is 0 Å². The molecule has 32 heavy (non-hydrogen) atoms. The van der Waals surface area contributed by atoms with Gasteiger partial charge in [-0.25, -0.2) is 4.68 Å². The van der Waals surface area contributed by atoms with Gasteiger partial charge in [0.05, 0.1) is 17.9 Å². The summed E-state index contributed by atoms with van der Waals surface area (Å²) in [6.07, 6.45) is 4.67. The van der Waals surface area contributed by atoms with E-state index in [1.54, 1.807) is 4.90 Å². The summed E-state index contributed by atoms with van der Waals surface area (Å²) in [6, 6.07) is 5.68. The van der Waals surface area contributed by atoms with Gasteiger partial charge in [0.1, 0.15) is 6.04 Å². The van der Waals surface area contributed by atoms with Crippen LogP contribution in [-0.4, -0.2) is 61.6 Å². The fourth-order valence-corrected chi connectivity index (χ4v) is 4.93. The molecule has 3 N–H and O–H groups in total. The molecule has 2 saturated heterocycles. The summed E-state index contributed by atoms with van der Waals surface area (Å²) in [7, 11) is 0.